The third-order valence-corrected chi connectivity index (χ3v) is 6.85. The summed E-state index contributed by atoms with van der Waals surface area (Å²) in [6.07, 6.45) is 2.39. The summed E-state index contributed by atoms with van der Waals surface area (Å²) in [6, 6.07) is 3.93. The number of hydrogen-bond acceptors (Lipinski definition) is 5. The minimum Gasteiger partial charge on any atom is -0.504 e. The highest BCUT2D eigenvalue weighted by molar-refractivity contribution is 5.90. The van der Waals surface area contributed by atoms with Crippen LogP contribution < -0.4 is 4.74 Å². The van der Waals surface area contributed by atoms with E-state index in [4.69, 9.17) is 9.47 Å². The normalized spacial score (nSPS) is 37.7. The van der Waals surface area contributed by atoms with Crippen molar-refractivity contribution in [3.8, 4) is 11.5 Å². The van der Waals surface area contributed by atoms with Crippen molar-refractivity contribution in [1.29, 1.82) is 0 Å². The SMILES string of the molecule is CC.COC12CCC(=O)[C@@H]3Oc4c(O)ccc5c4C31CCN(C)C2C5. The van der Waals surface area contributed by atoms with E-state index in [9.17, 15) is 9.90 Å². The maximum Gasteiger partial charge on any atom is 0.174 e. The van der Waals surface area contributed by atoms with Crippen LogP contribution in [-0.2, 0) is 21.4 Å². The lowest BCUT2D eigenvalue weighted by Gasteiger charge is -2.63. The third-order valence-electron chi connectivity index (χ3n) is 6.85. The number of ketones is 1. The smallest absolute Gasteiger partial charge is 0.174 e. The van der Waals surface area contributed by atoms with E-state index in [1.54, 1.807) is 13.2 Å². The van der Waals surface area contributed by atoms with Gasteiger partial charge in [0.2, 0.25) is 0 Å². The van der Waals surface area contributed by atoms with E-state index in [1.165, 1.54) is 5.56 Å². The molecule has 25 heavy (non-hydrogen) atoms. The molecule has 136 valence electrons. The number of carbonyl (C=O) groups excluding carboxylic acids is 1. The number of piperidine rings is 1. The summed E-state index contributed by atoms with van der Waals surface area (Å²) < 4.78 is 12.3. The number of phenols is 1. The molecule has 2 aliphatic heterocycles. The first-order valence-electron chi connectivity index (χ1n) is 9.35. The van der Waals surface area contributed by atoms with Crippen molar-refractivity contribution < 1.29 is 19.4 Å². The molecule has 4 aliphatic rings. The molecule has 1 aromatic carbocycles. The molecule has 1 N–H and O–H groups in total. The van der Waals surface area contributed by atoms with Gasteiger partial charge in [-0.25, -0.2) is 0 Å². The van der Waals surface area contributed by atoms with E-state index in [0.29, 0.717) is 12.2 Å². The van der Waals surface area contributed by atoms with Gasteiger partial charge in [0.15, 0.2) is 23.4 Å². The molecule has 0 amide bonds. The molecule has 5 nitrogen and oxygen atoms in total. The predicted octanol–water partition coefficient (Wildman–Crippen LogP) is 2.43. The Bertz CT molecular complexity index is 733. The van der Waals surface area contributed by atoms with Gasteiger partial charge < -0.3 is 19.5 Å². The minimum absolute atomic E-state index is 0.141. The number of likely N-dealkylation sites (tertiary alicyclic amines) is 1. The fourth-order valence-electron chi connectivity index (χ4n) is 5.92. The quantitative estimate of drug-likeness (QED) is 0.847. The largest absolute Gasteiger partial charge is 0.504 e. The van der Waals surface area contributed by atoms with E-state index in [-0.39, 0.29) is 17.6 Å². The van der Waals surface area contributed by atoms with Crippen molar-refractivity contribution in [2.24, 2.45) is 0 Å². The van der Waals surface area contributed by atoms with Crippen LogP contribution in [0.3, 0.4) is 0 Å². The average Bonchev–Trinajstić information content (AvgIpc) is 3.00. The Hall–Kier alpha value is -1.59. The molecule has 2 aliphatic carbocycles. The Balaban J connectivity index is 0.000000758. The fraction of sp³-hybridized carbons (Fsp3) is 0.650. The summed E-state index contributed by atoms with van der Waals surface area (Å²) in [6.45, 7) is 4.91. The number of phenolic OH excluding ortho intramolecular Hbond substituents is 1. The number of Topliss-reactive ketones (excluding diaryl/α,β-unsaturated/α-hetero) is 1. The molecule has 2 heterocycles. The van der Waals surface area contributed by atoms with Crippen molar-refractivity contribution in [1.82, 2.24) is 4.90 Å². The van der Waals surface area contributed by atoms with E-state index < -0.39 is 17.1 Å². The molecule has 1 saturated heterocycles. The van der Waals surface area contributed by atoms with Crippen LogP contribution in [0.5, 0.6) is 11.5 Å². The zero-order valence-corrected chi connectivity index (χ0v) is 15.5. The Morgan fingerprint density at radius 2 is 2.08 bits per heavy atom. The molecule has 5 heteroatoms. The number of ether oxygens (including phenoxy) is 2. The first-order chi connectivity index (χ1) is 12.0. The number of hydrogen-bond donors (Lipinski definition) is 1. The van der Waals surface area contributed by atoms with Crippen LogP contribution in [-0.4, -0.2) is 54.2 Å². The van der Waals surface area contributed by atoms with Crippen LogP contribution in [0.2, 0.25) is 0 Å². The van der Waals surface area contributed by atoms with Crippen molar-refractivity contribution in [3.05, 3.63) is 23.3 Å². The summed E-state index contributed by atoms with van der Waals surface area (Å²) >= 11 is 0. The molecule has 5 rings (SSSR count). The molecule has 1 saturated carbocycles. The van der Waals surface area contributed by atoms with E-state index in [2.05, 4.69) is 11.9 Å². The topological polar surface area (TPSA) is 59.0 Å². The Morgan fingerprint density at radius 1 is 1.32 bits per heavy atom. The van der Waals surface area contributed by atoms with Gasteiger partial charge in [0.25, 0.3) is 0 Å². The highest BCUT2D eigenvalue weighted by Gasteiger charge is 2.73. The van der Waals surface area contributed by atoms with Crippen LogP contribution in [0, 0.1) is 0 Å². The maximum atomic E-state index is 12.7. The van der Waals surface area contributed by atoms with Gasteiger partial charge >= 0.3 is 0 Å². The molecule has 0 aromatic heterocycles. The second-order valence-electron chi connectivity index (χ2n) is 7.43. The third kappa shape index (κ3) is 1.73. The summed E-state index contributed by atoms with van der Waals surface area (Å²) in [5, 5.41) is 10.3. The van der Waals surface area contributed by atoms with Crippen LogP contribution in [0.25, 0.3) is 0 Å². The van der Waals surface area contributed by atoms with Gasteiger partial charge in [-0.15, -0.1) is 0 Å². The monoisotopic (exact) mass is 345 g/mol. The molecule has 2 fully saturated rings. The van der Waals surface area contributed by atoms with Gasteiger partial charge in [0.05, 0.1) is 11.0 Å². The second kappa shape index (κ2) is 5.45. The number of methoxy groups -OCH3 is 1. The van der Waals surface area contributed by atoms with E-state index >= 15 is 0 Å². The zero-order valence-electron chi connectivity index (χ0n) is 15.5. The molecule has 2 bridgehead atoms. The first-order valence-corrected chi connectivity index (χ1v) is 9.35. The Morgan fingerprint density at radius 3 is 2.80 bits per heavy atom. The number of likely N-dealkylation sites (N-methyl/N-ethyl adjacent to an activating group) is 1. The second-order valence-corrected chi connectivity index (χ2v) is 7.43. The molecule has 4 atom stereocenters. The molecule has 1 aromatic rings. The lowest BCUT2D eigenvalue weighted by Crippen LogP contribution is -2.76. The zero-order chi connectivity index (χ0) is 18.0. The van der Waals surface area contributed by atoms with Gasteiger partial charge in [0.1, 0.15) is 0 Å². The highest BCUT2D eigenvalue weighted by atomic mass is 16.5. The van der Waals surface area contributed by atoms with Gasteiger partial charge in [-0.1, -0.05) is 19.9 Å². The van der Waals surface area contributed by atoms with Gasteiger partial charge in [-0.3, -0.25) is 4.79 Å². The van der Waals surface area contributed by atoms with Crippen molar-refractivity contribution in [2.45, 2.75) is 62.7 Å². The van der Waals surface area contributed by atoms with E-state index in [1.807, 2.05) is 19.9 Å². The van der Waals surface area contributed by atoms with Gasteiger partial charge in [-0.2, -0.15) is 0 Å². The van der Waals surface area contributed by atoms with Gasteiger partial charge in [0, 0.05) is 25.1 Å². The van der Waals surface area contributed by atoms with Crippen LogP contribution in [0.1, 0.15) is 44.2 Å². The maximum absolute atomic E-state index is 12.7. The van der Waals surface area contributed by atoms with E-state index in [0.717, 1.165) is 31.4 Å². The van der Waals surface area contributed by atoms with Crippen molar-refractivity contribution in [3.63, 3.8) is 0 Å². The Labute approximate surface area is 148 Å². The molecule has 1 spiro atoms. The fourth-order valence-corrected chi connectivity index (χ4v) is 5.92. The van der Waals surface area contributed by atoms with Crippen molar-refractivity contribution in [2.75, 3.05) is 20.7 Å². The lowest BCUT2D eigenvalue weighted by atomic mass is 9.49. The summed E-state index contributed by atoms with van der Waals surface area (Å²) in [4.78, 5) is 15.1. The van der Waals surface area contributed by atoms with Crippen LogP contribution in [0.4, 0.5) is 0 Å². The number of aromatic hydroxyl groups is 1. The summed E-state index contributed by atoms with van der Waals surface area (Å²) in [5.74, 6) is 0.805. The highest BCUT2D eigenvalue weighted by Crippen LogP contribution is 2.65. The standard InChI is InChI=1S/C18H21NO4.C2H6/c1-19-8-7-17-14-10-3-4-11(20)15(14)23-16(17)12(21)5-6-18(17,22-2)13(19)9-10;1-2/h3-4,13,16,20H,5-9H2,1-2H3;1-2H3/t13?,16-,17?,18?;/m0./s1. The van der Waals surface area contributed by atoms with Crippen molar-refractivity contribution >= 4 is 5.78 Å². The van der Waals surface area contributed by atoms with Crippen LogP contribution >= 0.6 is 0 Å². The predicted molar refractivity (Wildman–Crippen MR) is 94.3 cm³/mol. The van der Waals surface area contributed by atoms with Gasteiger partial charge in [-0.05, 0) is 44.5 Å². The summed E-state index contributed by atoms with van der Waals surface area (Å²) in [7, 11) is 3.92. The first kappa shape index (κ1) is 16.9. The number of rotatable bonds is 1. The van der Waals surface area contributed by atoms with Crippen LogP contribution in [0.15, 0.2) is 12.1 Å². The summed E-state index contributed by atoms with van der Waals surface area (Å²) in [5.41, 5.74) is 1.38. The minimum atomic E-state index is -0.519. The molecule has 0 radical (unpaired) electrons. The number of benzene rings is 1. The Kier molecular flexibility index (Phi) is 3.68. The lowest BCUT2D eigenvalue weighted by molar-refractivity contribution is -0.198. The average molecular weight is 345 g/mol. The number of carbonyl (C=O) groups is 1. The molecular formula is C20H27NO4. The number of nitrogens with zero attached hydrogens (tertiary/aromatic N) is 1. The molecular weight excluding hydrogens is 318 g/mol. The molecule has 3 unspecified atom stereocenters.